The fraction of sp³-hybridized carbons (Fsp3) is 0.310. The van der Waals surface area contributed by atoms with E-state index in [2.05, 4.69) is 20.8 Å². The van der Waals surface area contributed by atoms with Gasteiger partial charge in [0.25, 0.3) is 5.91 Å². The average Bonchev–Trinajstić information content (AvgIpc) is 3.56. The minimum absolute atomic E-state index is 0.123. The van der Waals surface area contributed by atoms with Gasteiger partial charge in [-0.15, -0.1) is 21.5 Å². The summed E-state index contributed by atoms with van der Waals surface area (Å²) >= 11 is 9.04. The Morgan fingerprint density at radius 2 is 1.93 bits per heavy atom. The summed E-state index contributed by atoms with van der Waals surface area (Å²) in [6.45, 7) is 3.02. The van der Waals surface area contributed by atoms with Crippen LogP contribution in [-0.2, 0) is 30.7 Å². The van der Waals surface area contributed by atoms with E-state index < -0.39 is 0 Å². The van der Waals surface area contributed by atoms with Gasteiger partial charge in [0.15, 0.2) is 11.0 Å². The lowest BCUT2D eigenvalue weighted by Gasteiger charge is -2.13. The lowest BCUT2D eigenvalue weighted by Crippen LogP contribution is -2.25. The molecule has 0 spiro atoms. The summed E-state index contributed by atoms with van der Waals surface area (Å²) in [5.74, 6) is 1.03. The Morgan fingerprint density at radius 3 is 2.70 bits per heavy atom. The smallest absolute Gasteiger partial charge is 0.254 e. The molecule has 0 saturated heterocycles. The second kappa shape index (κ2) is 12.9. The second-order valence-corrected chi connectivity index (χ2v) is 11.8. The van der Waals surface area contributed by atoms with Crippen LogP contribution in [-0.4, -0.2) is 39.4 Å². The van der Waals surface area contributed by atoms with E-state index in [1.54, 1.807) is 25.3 Å². The highest BCUT2D eigenvalue weighted by atomic mass is 35.5. The van der Waals surface area contributed by atoms with Gasteiger partial charge in [-0.25, -0.2) is 0 Å². The maximum absolute atomic E-state index is 13.3. The molecule has 2 amide bonds. The molecule has 11 heteroatoms. The Morgan fingerprint density at radius 1 is 1.12 bits per heavy atom. The molecule has 1 aliphatic carbocycles. The highest BCUT2D eigenvalue weighted by molar-refractivity contribution is 7.99. The predicted octanol–water partition coefficient (Wildman–Crippen LogP) is 6.23. The van der Waals surface area contributed by atoms with Gasteiger partial charge < -0.3 is 19.9 Å². The Kier molecular flexibility index (Phi) is 9.08. The van der Waals surface area contributed by atoms with Crippen LogP contribution in [0.5, 0.6) is 5.75 Å². The number of hydrogen-bond donors (Lipinski definition) is 2. The summed E-state index contributed by atoms with van der Waals surface area (Å²) in [4.78, 5) is 27.6. The van der Waals surface area contributed by atoms with E-state index in [9.17, 15) is 9.59 Å². The second-order valence-electron chi connectivity index (χ2n) is 9.32. The zero-order valence-electron chi connectivity index (χ0n) is 22.3. The molecule has 2 aromatic heterocycles. The maximum Gasteiger partial charge on any atom is 0.254 e. The number of thioether (sulfide) groups is 1. The summed E-state index contributed by atoms with van der Waals surface area (Å²) in [5, 5.41) is 16.6. The number of hydrogen-bond acceptors (Lipinski definition) is 7. The number of ether oxygens (including phenoxy) is 1. The molecule has 1 aliphatic rings. The molecule has 0 bridgehead atoms. The summed E-state index contributed by atoms with van der Waals surface area (Å²) in [6, 6.07) is 15.1. The van der Waals surface area contributed by atoms with E-state index in [0.717, 1.165) is 42.4 Å². The number of thiophene rings is 1. The van der Waals surface area contributed by atoms with Gasteiger partial charge >= 0.3 is 0 Å². The third-order valence-electron chi connectivity index (χ3n) is 6.72. The van der Waals surface area contributed by atoms with E-state index in [1.807, 2.05) is 41.8 Å². The van der Waals surface area contributed by atoms with Crippen molar-refractivity contribution in [1.29, 1.82) is 0 Å². The van der Waals surface area contributed by atoms with Gasteiger partial charge in [0.2, 0.25) is 5.91 Å². The fourth-order valence-corrected chi connectivity index (χ4v) is 7.07. The number of carbonyl (C=O) groups excluding carboxylic acids is 2. The Balaban J connectivity index is 1.30. The molecule has 0 radical (unpaired) electrons. The van der Waals surface area contributed by atoms with Crippen LogP contribution in [0.3, 0.4) is 0 Å². The number of nitrogens with one attached hydrogen (secondary N) is 2. The molecular weight excluding hydrogens is 566 g/mol. The lowest BCUT2D eigenvalue weighted by molar-refractivity contribution is -0.113. The Labute approximate surface area is 246 Å². The number of carbonyl (C=O) groups is 2. The van der Waals surface area contributed by atoms with Crippen LogP contribution in [0.15, 0.2) is 53.7 Å². The minimum Gasteiger partial charge on any atom is -0.496 e. The molecule has 0 unspecified atom stereocenters. The number of amides is 2. The van der Waals surface area contributed by atoms with Gasteiger partial charge in [0.1, 0.15) is 10.8 Å². The Bertz CT molecular complexity index is 1520. The van der Waals surface area contributed by atoms with Crippen LogP contribution >= 0.6 is 34.7 Å². The molecule has 4 aromatic rings. The third kappa shape index (κ3) is 6.19. The van der Waals surface area contributed by atoms with Crippen molar-refractivity contribution in [3.63, 3.8) is 0 Å². The minimum atomic E-state index is -0.201. The molecule has 8 nitrogen and oxygen atoms in total. The summed E-state index contributed by atoms with van der Waals surface area (Å²) in [7, 11) is 1.60. The number of aromatic nitrogens is 3. The van der Waals surface area contributed by atoms with Crippen LogP contribution in [0.4, 0.5) is 5.00 Å². The third-order valence-corrected chi connectivity index (χ3v) is 9.12. The van der Waals surface area contributed by atoms with Crippen LogP contribution in [0.2, 0.25) is 5.02 Å². The van der Waals surface area contributed by atoms with Gasteiger partial charge in [0.05, 0.1) is 24.0 Å². The van der Waals surface area contributed by atoms with Crippen LogP contribution in [0.1, 0.15) is 46.1 Å². The zero-order valence-corrected chi connectivity index (χ0v) is 24.7. The maximum atomic E-state index is 13.3. The SMILES string of the molecule is CCn1c(SCC(=O)Nc2sc3c(c2C(=O)NCc2ccccc2)CCCC3)nnc1-c1cc(Cl)ccc1OC. The monoisotopic (exact) mass is 595 g/mol. The molecule has 0 saturated carbocycles. The number of halogens is 1. The molecule has 5 rings (SSSR count). The van der Waals surface area contributed by atoms with Crippen molar-refractivity contribution in [2.24, 2.45) is 0 Å². The number of aryl methyl sites for hydroxylation is 1. The van der Waals surface area contributed by atoms with Gasteiger partial charge in [-0.2, -0.15) is 0 Å². The topological polar surface area (TPSA) is 98.1 Å². The number of methoxy groups -OCH3 is 1. The van der Waals surface area contributed by atoms with E-state index in [4.69, 9.17) is 16.3 Å². The summed E-state index contributed by atoms with van der Waals surface area (Å²) < 4.78 is 7.42. The number of fused-ring (bicyclic) bond motifs is 1. The highest BCUT2D eigenvalue weighted by Crippen LogP contribution is 2.38. The van der Waals surface area contributed by atoms with Crippen LogP contribution in [0.25, 0.3) is 11.4 Å². The average molecular weight is 596 g/mol. The van der Waals surface area contributed by atoms with Crippen LogP contribution < -0.4 is 15.4 Å². The van der Waals surface area contributed by atoms with E-state index in [1.165, 1.54) is 28.0 Å². The molecule has 2 N–H and O–H groups in total. The van der Waals surface area contributed by atoms with Crippen molar-refractivity contribution in [3.8, 4) is 17.1 Å². The van der Waals surface area contributed by atoms with Crippen molar-refractivity contribution in [3.05, 3.63) is 75.1 Å². The van der Waals surface area contributed by atoms with Crippen molar-refractivity contribution in [1.82, 2.24) is 20.1 Å². The van der Waals surface area contributed by atoms with E-state index >= 15 is 0 Å². The molecule has 40 heavy (non-hydrogen) atoms. The van der Waals surface area contributed by atoms with Gasteiger partial charge in [-0.3, -0.25) is 9.59 Å². The Hall–Kier alpha value is -3.34. The first-order valence-corrected chi connectivity index (χ1v) is 15.3. The molecule has 0 aliphatic heterocycles. The highest BCUT2D eigenvalue weighted by Gasteiger charge is 2.26. The van der Waals surface area contributed by atoms with Crippen molar-refractivity contribution in [2.75, 3.05) is 18.2 Å². The molecular formula is C29H30ClN5O3S2. The first kappa shape index (κ1) is 28.2. The standard InChI is InChI=1S/C29H30ClN5O3S2/c1-3-35-26(21-15-19(30)13-14-22(21)38-2)33-34-29(35)39-17-24(36)32-28-25(20-11-7-8-12-23(20)40-28)27(37)31-16-18-9-5-4-6-10-18/h4-6,9-10,13-15H,3,7-8,11-12,16-17H2,1-2H3,(H,31,37)(H,32,36). The van der Waals surface area contributed by atoms with Crippen molar-refractivity contribution < 1.29 is 14.3 Å². The normalized spacial score (nSPS) is 12.6. The van der Waals surface area contributed by atoms with Gasteiger partial charge in [-0.1, -0.05) is 53.7 Å². The molecule has 0 fully saturated rings. The van der Waals surface area contributed by atoms with E-state index in [-0.39, 0.29) is 17.6 Å². The summed E-state index contributed by atoms with van der Waals surface area (Å²) in [5.41, 5.74) is 3.42. The zero-order chi connectivity index (χ0) is 28.1. The first-order chi connectivity index (χ1) is 19.5. The predicted molar refractivity (Wildman–Crippen MR) is 161 cm³/mol. The van der Waals surface area contributed by atoms with Crippen molar-refractivity contribution in [2.45, 2.75) is 50.9 Å². The van der Waals surface area contributed by atoms with Gasteiger partial charge in [0, 0.05) is 23.0 Å². The van der Waals surface area contributed by atoms with Gasteiger partial charge in [-0.05, 0) is 61.9 Å². The van der Waals surface area contributed by atoms with E-state index in [0.29, 0.717) is 45.4 Å². The molecule has 2 heterocycles. The molecule has 0 atom stereocenters. The first-order valence-electron chi connectivity index (χ1n) is 13.1. The molecule has 208 valence electrons. The number of anilines is 1. The molecule has 2 aromatic carbocycles. The number of rotatable bonds is 10. The van der Waals surface area contributed by atoms with Crippen molar-refractivity contribution >= 4 is 51.5 Å². The quantitative estimate of drug-likeness (QED) is 0.211. The lowest BCUT2D eigenvalue weighted by atomic mass is 9.95. The van der Waals surface area contributed by atoms with Crippen LogP contribution in [0, 0.1) is 0 Å². The number of benzene rings is 2. The summed E-state index contributed by atoms with van der Waals surface area (Å²) in [6.07, 6.45) is 3.91. The largest absolute Gasteiger partial charge is 0.496 e. The fourth-order valence-electron chi connectivity index (χ4n) is 4.79. The number of nitrogens with zero attached hydrogens (tertiary/aromatic N) is 3.